The van der Waals surface area contributed by atoms with Crippen molar-refractivity contribution >= 4 is 28.9 Å². The van der Waals surface area contributed by atoms with E-state index < -0.39 is 0 Å². The number of benzene rings is 1. The Hall–Kier alpha value is -2.07. The van der Waals surface area contributed by atoms with Gasteiger partial charge >= 0.3 is 0 Å². The first-order valence-corrected chi connectivity index (χ1v) is 6.74. The molecule has 1 heterocycles. The number of hydrogen-bond acceptors (Lipinski definition) is 3. The Bertz CT molecular complexity index is 622. The monoisotopic (exact) mass is 288 g/mol. The molecule has 0 unspecified atom stereocenters. The van der Waals surface area contributed by atoms with E-state index in [9.17, 15) is 0 Å². The minimum atomic E-state index is -0.0617. The van der Waals surface area contributed by atoms with Crippen molar-refractivity contribution in [2.45, 2.75) is 13.3 Å². The van der Waals surface area contributed by atoms with Gasteiger partial charge in [0.25, 0.3) is 0 Å². The highest BCUT2D eigenvalue weighted by molar-refractivity contribution is 6.36. The van der Waals surface area contributed by atoms with Crippen LogP contribution in [0.25, 0.3) is 0 Å². The van der Waals surface area contributed by atoms with Crippen molar-refractivity contribution in [1.82, 2.24) is 4.98 Å². The lowest BCUT2D eigenvalue weighted by molar-refractivity contribution is 1.11. The molecule has 0 aliphatic rings. The third-order valence-corrected chi connectivity index (χ3v) is 3.58. The smallest absolute Gasteiger partial charge is 0.152 e. The van der Waals surface area contributed by atoms with E-state index in [4.69, 9.17) is 22.7 Å². The summed E-state index contributed by atoms with van der Waals surface area (Å²) >= 11 is 6.28. The maximum Gasteiger partial charge on any atom is 0.152 e. The van der Waals surface area contributed by atoms with Gasteiger partial charge in [0.1, 0.15) is 5.84 Å². The second kappa shape index (κ2) is 5.92. The van der Waals surface area contributed by atoms with Crippen LogP contribution in [-0.2, 0) is 6.42 Å². The zero-order valence-corrected chi connectivity index (χ0v) is 12.3. The van der Waals surface area contributed by atoms with Gasteiger partial charge in [-0.25, -0.2) is 4.98 Å². The number of aromatic nitrogens is 1. The first kappa shape index (κ1) is 14.3. The fraction of sp³-hybridized carbons (Fsp3) is 0.200. The summed E-state index contributed by atoms with van der Waals surface area (Å²) in [5.74, 6) is 0.525. The fourth-order valence-corrected chi connectivity index (χ4v) is 2.29. The lowest BCUT2D eigenvalue weighted by atomic mass is 10.1. The summed E-state index contributed by atoms with van der Waals surface area (Å²) in [7, 11) is 1.89. The predicted octanol–water partition coefficient (Wildman–Crippen LogP) is 3.35. The van der Waals surface area contributed by atoms with Crippen LogP contribution >= 0.6 is 11.6 Å². The second-order valence-electron chi connectivity index (χ2n) is 4.49. The molecule has 0 radical (unpaired) electrons. The molecule has 4 nitrogen and oxygen atoms in total. The molecule has 0 aliphatic carbocycles. The number of anilines is 2. The Balaban J connectivity index is 2.39. The Morgan fingerprint density at radius 3 is 2.50 bits per heavy atom. The van der Waals surface area contributed by atoms with Crippen LogP contribution in [0.15, 0.2) is 36.5 Å². The summed E-state index contributed by atoms with van der Waals surface area (Å²) in [5, 5.41) is 7.91. The Labute approximate surface area is 123 Å². The maximum atomic E-state index is 7.52. The molecular formula is C15H17ClN4. The molecular weight excluding hydrogens is 272 g/mol. The Kier molecular flexibility index (Phi) is 4.25. The van der Waals surface area contributed by atoms with Crippen molar-refractivity contribution in [3.8, 4) is 0 Å². The van der Waals surface area contributed by atoms with Crippen molar-refractivity contribution in [3.05, 3.63) is 52.7 Å². The first-order chi connectivity index (χ1) is 9.54. The third-order valence-electron chi connectivity index (χ3n) is 3.21. The molecule has 2 aromatic rings. The van der Waals surface area contributed by atoms with Gasteiger partial charge in [-0.15, -0.1) is 0 Å². The van der Waals surface area contributed by atoms with E-state index in [0.29, 0.717) is 16.4 Å². The van der Waals surface area contributed by atoms with Crippen molar-refractivity contribution in [3.63, 3.8) is 0 Å². The minimum Gasteiger partial charge on any atom is -0.384 e. The van der Waals surface area contributed by atoms with Crippen LogP contribution in [0.1, 0.15) is 18.1 Å². The highest BCUT2D eigenvalue weighted by Gasteiger charge is 2.14. The molecule has 0 bridgehead atoms. The number of rotatable bonds is 4. The van der Waals surface area contributed by atoms with Gasteiger partial charge in [0.05, 0.1) is 5.02 Å². The average Bonchev–Trinajstić information content (AvgIpc) is 2.46. The highest BCUT2D eigenvalue weighted by atomic mass is 35.5. The van der Waals surface area contributed by atoms with E-state index in [1.807, 2.05) is 24.1 Å². The molecule has 1 aromatic heterocycles. The van der Waals surface area contributed by atoms with E-state index in [1.165, 1.54) is 5.56 Å². The van der Waals surface area contributed by atoms with Crippen LogP contribution in [0.5, 0.6) is 0 Å². The molecule has 0 saturated carbocycles. The minimum absolute atomic E-state index is 0.0617. The number of amidine groups is 1. The summed E-state index contributed by atoms with van der Waals surface area (Å²) < 4.78 is 0. The normalized spacial score (nSPS) is 10.3. The number of pyridine rings is 1. The summed E-state index contributed by atoms with van der Waals surface area (Å²) in [4.78, 5) is 6.17. The number of nitrogens with zero attached hydrogens (tertiary/aromatic N) is 2. The molecule has 0 amide bonds. The van der Waals surface area contributed by atoms with Gasteiger partial charge in [-0.2, -0.15) is 0 Å². The molecule has 0 aliphatic heterocycles. The number of nitrogens with one attached hydrogen (secondary N) is 1. The summed E-state index contributed by atoms with van der Waals surface area (Å²) in [5.41, 5.74) is 8.27. The number of aryl methyl sites for hydroxylation is 1. The van der Waals surface area contributed by atoms with Crippen LogP contribution in [0, 0.1) is 5.41 Å². The van der Waals surface area contributed by atoms with E-state index in [1.54, 1.807) is 12.3 Å². The predicted molar refractivity (Wildman–Crippen MR) is 84.1 cm³/mol. The fourth-order valence-electron chi connectivity index (χ4n) is 1.95. The SMILES string of the molecule is CCc1ccc(N(C)c2nccc(C(=N)N)c2Cl)cc1. The third kappa shape index (κ3) is 2.75. The second-order valence-corrected chi connectivity index (χ2v) is 4.87. The van der Waals surface area contributed by atoms with Gasteiger partial charge in [0.2, 0.25) is 0 Å². The number of nitrogen functional groups attached to an aromatic ring is 1. The number of halogens is 1. The van der Waals surface area contributed by atoms with Crippen LogP contribution in [0.3, 0.4) is 0 Å². The van der Waals surface area contributed by atoms with E-state index in [-0.39, 0.29) is 5.84 Å². The van der Waals surface area contributed by atoms with Crippen molar-refractivity contribution in [1.29, 1.82) is 5.41 Å². The summed E-state index contributed by atoms with van der Waals surface area (Å²) in [6, 6.07) is 9.85. The average molecular weight is 289 g/mol. The van der Waals surface area contributed by atoms with Crippen LogP contribution in [0.2, 0.25) is 5.02 Å². The van der Waals surface area contributed by atoms with Crippen molar-refractivity contribution in [2.24, 2.45) is 5.73 Å². The molecule has 0 saturated heterocycles. The van der Waals surface area contributed by atoms with E-state index in [2.05, 4.69) is 24.0 Å². The van der Waals surface area contributed by atoms with Crippen LogP contribution < -0.4 is 10.6 Å². The van der Waals surface area contributed by atoms with Crippen molar-refractivity contribution in [2.75, 3.05) is 11.9 Å². The Morgan fingerprint density at radius 2 is 1.95 bits per heavy atom. The molecule has 104 valence electrons. The zero-order chi connectivity index (χ0) is 14.7. The van der Waals surface area contributed by atoms with Gasteiger partial charge in [-0.1, -0.05) is 30.7 Å². The van der Waals surface area contributed by atoms with E-state index in [0.717, 1.165) is 12.1 Å². The quantitative estimate of drug-likeness (QED) is 0.670. The van der Waals surface area contributed by atoms with Gasteiger partial charge in [-0.05, 0) is 30.2 Å². The van der Waals surface area contributed by atoms with Crippen LogP contribution in [0.4, 0.5) is 11.5 Å². The van der Waals surface area contributed by atoms with Gasteiger partial charge in [0, 0.05) is 24.5 Å². The molecule has 0 atom stereocenters. The molecule has 1 aromatic carbocycles. The van der Waals surface area contributed by atoms with Crippen LogP contribution in [-0.4, -0.2) is 17.9 Å². The standard InChI is InChI=1S/C15H17ClN4/c1-3-10-4-6-11(7-5-10)20(2)15-13(16)12(14(17)18)8-9-19-15/h4-9H,3H2,1-2H3,(H3,17,18). The highest BCUT2D eigenvalue weighted by Crippen LogP contribution is 2.30. The first-order valence-electron chi connectivity index (χ1n) is 6.36. The lowest BCUT2D eigenvalue weighted by Gasteiger charge is -2.20. The topological polar surface area (TPSA) is 66.0 Å². The Morgan fingerprint density at radius 1 is 1.30 bits per heavy atom. The largest absolute Gasteiger partial charge is 0.384 e. The van der Waals surface area contributed by atoms with E-state index >= 15 is 0 Å². The molecule has 2 rings (SSSR count). The molecule has 5 heteroatoms. The van der Waals surface area contributed by atoms with Gasteiger partial charge in [-0.3, -0.25) is 5.41 Å². The number of hydrogen-bond donors (Lipinski definition) is 2. The molecule has 0 spiro atoms. The molecule has 3 N–H and O–H groups in total. The summed E-state index contributed by atoms with van der Waals surface area (Å²) in [6.45, 7) is 2.12. The summed E-state index contributed by atoms with van der Waals surface area (Å²) in [6.07, 6.45) is 2.61. The van der Waals surface area contributed by atoms with Gasteiger partial charge in [0.15, 0.2) is 5.82 Å². The lowest BCUT2D eigenvalue weighted by Crippen LogP contribution is -2.16. The zero-order valence-electron chi connectivity index (χ0n) is 11.5. The van der Waals surface area contributed by atoms with Gasteiger partial charge < -0.3 is 10.6 Å². The molecule has 20 heavy (non-hydrogen) atoms. The molecule has 0 fully saturated rings. The maximum absolute atomic E-state index is 7.52. The number of nitrogens with two attached hydrogens (primary N) is 1. The van der Waals surface area contributed by atoms with Crippen molar-refractivity contribution < 1.29 is 0 Å².